The summed E-state index contributed by atoms with van der Waals surface area (Å²) in [6.07, 6.45) is 0. The molecule has 0 radical (unpaired) electrons. The molecule has 0 saturated carbocycles. The molecular weight excluding hydrogens is 390 g/mol. The van der Waals surface area contributed by atoms with Crippen LogP contribution in [0.4, 0.5) is 0 Å². The van der Waals surface area contributed by atoms with Gasteiger partial charge in [-0.05, 0) is 34.4 Å². The van der Waals surface area contributed by atoms with E-state index in [4.69, 9.17) is 0 Å². The zero-order chi connectivity index (χ0) is 19.7. The highest BCUT2D eigenvalue weighted by atomic mass is 32.2. The molecule has 0 spiro atoms. The number of thioether (sulfide) groups is 1. The Labute approximate surface area is 170 Å². The van der Waals surface area contributed by atoms with Gasteiger partial charge in [-0.25, -0.2) is 4.98 Å². The summed E-state index contributed by atoms with van der Waals surface area (Å²) in [6.45, 7) is 0.590. The second-order valence-corrected chi connectivity index (χ2v) is 8.57. The Kier molecular flexibility index (Phi) is 5.19. The predicted octanol–water partition coefficient (Wildman–Crippen LogP) is 3.90. The molecule has 0 aliphatic rings. The van der Waals surface area contributed by atoms with Crippen LogP contribution in [0.15, 0.2) is 63.9 Å². The van der Waals surface area contributed by atoms with E-state index in [1.165, 1.54) is 16.3 Å². The molecule has 2 aromatic carbocycles. The highest BCUT2D eigenvalue weighted by molar-refractivity contribution is 7.99. The molecular formula is C21H19N3O2S2. The van der Waals surface area contributed by atoms with Crippen molar-refractivity contribution >= 4 is 50.7 Å². The van der Waals surface area contributed by atoms with Crippen LogP contribution in [0.5, 0.6) is 0 Å². The number of hydrogen-bond acceptors (Lipinski definition) is 5. The molecule has 0 saturated heterocycles. The topological polar surface area (TPSA) is 55.2 Å². The molecule has 0 atom stereocenters. The summed E-state index contributed by atoms with van der Waals surface area (Å²) in [5.41, 5.74) is 0.557. The van der Waals surface area contributed by atoms with Crippen LogP contribution < -0.4 is 5.56 Å². The van der Waals surface area contributed by atoms with E-state index in [-0.39, 0.29) is 17.2 Å². The predicted molar refractivity (Wildman–Crippen MR) is 116 cm³/mol. The highest BCUT2D eigenvalue weighted by Crippen LogP contribution is 2.22. The van der Waals surface area contributed by atoms with Gasteiger partial charge in [-0.1, -0.05) is 42.1 Å². The third-order valence-electron chi connectivity index (χ3n) is 4.63. The molecule has 0 aliphatic heterocycles. The summed E-state index contributed by atoms with van der Waals surface area (Å²) in [6, 6.07) is 15.7. The van der Waals surface area contributed by atoms with Crippen molar-refractivity contribution < 1.29 is 4.79 Å². The van der Waals surface area contributed by atoms with Crippen LogP contribution >= 0.6 is 23.1 Å². The molecule has 7 heteroatoms. The van der Waals surface area contributed by atoms with Crippen molar-refractivity contribution in [2.45, 2.75) is 11.7 Å². The van der Waals surface area contributed by atoms with Crippen molar-refractivity contribution in [2.24, 2.45) is 7.05 Å². The van der Waals surface area contributed by atoms with Crippen LogP contribution in [0, 0.1) is 0 Å². The van der Waals surface area contributed by atoms with Crippen molar-refractivity contribution in [1.29, 1.82) is 0 Å². The first kappa shape index (κ1) is 18.7. The lowest BCUT2D eigenvalue weighted by Gasteiger charge is -2.16. The van der Waals surface area contributed by atoms with Crippen molar-refractivity contribution in [3.63, 3.8) is 0 Å². The van der Waals surface area contributed by atoms with Gasteiger partial charge >= 0.3 is 0 Å². The van der Waals surface area contributed by atoms with Gasteiger partial charge in [-0.2, -0.15) is 0 Å². The van der Waals surface area contributed by atoms with Gasteiger partial charge in [0.25, 0.3) is 5.56 Å². The fourth-order valence-corrected chi connectivity index (χ4v) is 4.70. The maximum absolute atomic E-state index is 12.8. The second-order valence-electron chi connectivity index (χ2n) is 6.59. The van der Waals surface area contributed by atoms with Crippen LogP contribution in [-0.2, 0) is 18.4 Å². The Morgan fingerprint density at radius 1 is 1.18 bits per heavy atom. The number of nitrogens with zero attached hydrogens (tertiary/aromatic N) is 3. The smallest absolute Gasteiger partial charge is 0.261 e. The van der Waals surface area contributed by atoms with Crippen molar-refractivity contribution in [1.82, 2.24) is 14.5 Å². The van der Waals surface area contributed by atoms with Crippen LogP contribution in [0.1, 0.15) is 4.88 Å². The molecule has 5 nitrogen and oxygen atoms in total. The third-order valence-corrected chi connectivity index (χ3v) is 6.50. The molecule has 0 fully saturated rings. The van der Waals surface area contributed by atoms with Gasteiger partial charge in [0.05, 0.1) is 23.2 Å². The number of fused-ring (bicyclic) bond motifs is 2. The summed E-state index contributed by atoms with van der Waals surface area (Å²) in [4.78, 5) is 32.8. The van der Waals surface area contributed by atoms with Gasteiger partial charge in [0, 0.05) is 19.0 Å². The minimum Gasteiger partial charge on any atom is -0.340 e. The molecule has 4 aromatic rings. The maximum atomic E-state index is 12.8. The number of hydrogen-bond donors (Lipinski definition) is 0. The fraction of sp³-hybridized carbons (Fsp3) is 0.190. The summed E-state index contributed by atoms with van der Waals surface area (Å²) in [5.74, 6) is 0.243. The van der Waals surface area contributed by atoms with E-state index in [1.807, 2.05) is 53.9 Å². The number of thiophene rings is 1. The lowest BCUT2D eigenvalue weighted by Crippen LogP contribution is -2.28. The van der Waals surface area contributed by atoms with Gasteiger partial charge in [0.1, 0.15) is 0 Å². The van der Waals surface area contributed by atoms with E-state index in [0.29, 0.717) is 22.6 Å². The average Bonchev–Trinajstić information content (AvgIpc) is 3.21. The number of aromatic nitrogens is 2. The van der Waals surface area contributed by atoms with Crippen molar-refractivity contribution in [2.75, 3.05) is 12.8 Å². The van der Waals surface area contributed by atoms with Crippen molar-refractivity contribution in [3.05, 3.63) is 69.1 Å². The van der Waals surface area contributed by atoms with Gasteiger partial charge < -0.3 is 4.90 Å². The number of carbonyl (C=O) groups excluding carboxylic acids is 1. The molecule has 0 N–H and O–H groups in total. The SMILES string of the molecule is CN(Cc1cccs1)C(=O)CSc1nc2cc3ccccc3cc2c(=O)n1C. The van der Waals surface area contributed by atoms with E-state index in [1.54, 1.807) is 30.3 Å². The molecule has 0 bridgehead atoms. The molecule has 4 rings (SSSR count). The first-order valence-corrected chi connectivity index (χ1v) is 10.7. The van der Waals surface area contributed by atoms with Gasteiger partial charge in [0.2, 0.25) is 5.91 Å². The Morgan fingerprint density at radius 3 is 2.64 bits per heavy atom. The lowest BCUT2D eigenvalue weighted by atomic mass is 10.1. The Morgan fingerprint density at radius 2 is 1.93 bits per heavy atom. The van der Waals surface area contributed by atoms with E-state index in [9.17, 15) is 9.59 Å². The van der Waals surface area contributed by atoms with Crippen LogP contribution in [-0.4, -0.2) is 33.2 Å². The van der Waals surface area contributed by atoms with E-state index in [0.717, 1.165) is 15.6 Å². The molecule has 1 amide bonds. The minimum atomic E-state index is -0.0994. The maximum Gasteiger partial charge on any atom is 0.261 e. The normalized spacial score (nSPS) is 11.2. The molecule has 28 heavy (non-hydrogen) atoms. The Balaban J connectivity index is 1.58. The molecule has 2 aromatic heterocycles. The van der Waals surface area contributed by atoms with Gasteiger partial charge in [0.15, 0.2) is 5.16 Å². The van der Waals surface area contributed by atoms with E-state index < -0.39 is 0 Å². The Hall–Kier alpha value is -2.64. The summed E-state index contributed by atoms with van der Waals surface area (Å²) in [7, 11) is 3.49. The third kappa shape index (κ3) is 3.68. The van der Waals surface area contributed by atoms with Gasteiger partial charge in [-0.3, -0.25) is 14.2 Å². The van der Waals surface area contributed by atoms with E-state index in [2.05, 4.69) is 4.98 Å². The average molecular weight is 410 g/mol. The largest absolute Gasteiger partial charge is 0.340 e. The zero-order valence-electron chi connectivity index (χ0n) is 15.6. The molecule has 2 heterocycles. The number of carbonyl (C=O) groups is 1. The standard InChI is InChI=1S/C21H19N3O2S2/c1-23(12-16-8-5-9-27-16)19(25)13-28-21-22-18-11-15-7-4-3-6-14(15)10-17(18)20(26)24(21)2/h3-11H,12-13H2,1-2H3. The van der Waals surface area contributed by atoms with Crippen LogP contribution in [0.2, 0.25) is 0 Å². The first-order chi connectivity index (χ1) is 13.5. The quantitative estimate of drug-likeness (QED) is 0.285. The van der Waals surface area contributed by atoms with Crippen LogP contribution in [0.3, 0.4) is 0 Å². The minimum absolute atomic E-state index is 0.00579. The Bertz CT molecular complexity index is 1220. The van der Waals surface area contributed by atoms with Crippen molar-refractivity contribution in [3.8, 4) is 0 Å². The lowest BCUT2D eigenvalue weighted by molar-refractivity contribution is -0.127. The summed E-state index contributed by atoms with van der Waals surface area (Å²) in [5, 5.41) is 5.19. The number of benzene rings is 2. The molecule has 142 valence electrons. The van der Waals surface area contributed by atoms with E-state index >= 15 is 0 Å². The molecule has 0 aliphatic carbocycles. The zero-order valence-corrected chi connectivity index (χ0v) is 17.2. The molecule has 0 unspecified atom stereocenters. The monoisotopic (exact) mass is 409 g/mol. The van der Waals surface area contributed by atoms with Gasteiger partial charge in [-0.15, -0.1) is 11.3 Å². The fourth-order valence-electron chi connectivity index (χ4n) is 3.03. The second kappa shape index (κ2) is 7.77. The number of rotatable bonds is 5. The first-order valence-electron chi connectivity index (χ1n) is 8.81. The number of amides is 1. The van der Waals surface area contributed by atoms with Crippen LogP contribution in [0.25, 0.3) is 21.7 Å². The highest BCUT2D eigenvalue weighted by Gasteiger charge is 2.14. The summed E-state index contributed by atoms with van der Waals surface area (Å²) < 4.78 is 1.52. The summed E-state index contributed by atoms with van der Waals surface area (Å²) >= 11 is 2.93.